The fourth-order valence-electron chi connectivity index (χ4n) is 1.69. The third-order valence-corrected chi connectivity index (χ3v) is 3.54. The Hall–Kier alpha value is -2.75. The van der Waals surface area contributed by atoms with Gasteiger partial charge >= 0.3 is 0 Å². The Morgan fingerprint density at radius 2 is 1.83 bits per heavy atom. The number of nitriles is 1. The first-order chi connectivity index (χ1) is 11.4. The molecule has 0 fully saturated rings. The number of benzene rings is 2. The molecule has 0 saturated heterocycles. The topological polar surface area (TPSA) is 90.9 Å². The van der Waals surface area contributed by atoms with Crippen molar-refractivity contribution in [1.29, 1.82) is 5.26 Å². The van der Waals surface area contributed by atoms with Crippen molar-refractivity contribution >= 4 is 46.2 Å². The van der Waals surface area contributed by atoms with E-state index >= 15 is 0 Å². The molecule has 122 valence electrons. The van der Waals surface area contributed by atoms with Crippen molar-refractivity contribution in [2.45, 2.75) is 0 Å². The second-order valence-corrected chi connectivity index (χ2v) is 5.45. The van der Waals surface area contributed by atoms with Crippen LogP contribution in [0.2, 0.25) is 10.0 Å². The normalized spacial score (nSPS) is 10.8. The van der Waals surface area contributed by atoms with Crippen molar-refractivity contribution in [3.63, 3.8) is 0 Å². The standard InChI is InChI=1S/C16H11Cl2FN4O/c17-12-5-10(1-3-14(12)19)22-8-9(7-20)16(24)23-11-2-4-15(21)13(18)6-11/h1-6,8,22H,21H2,(H,23,24)/b9-8-. The maximum atomic E-state index is 13.1. The van der Waals surface area contributed by atoms with E-state index in [2.05, 4.69) is 10.6 Å². The summed E-state index contributed by atoms with van der Waals surface area (Å²) in [6.45, 7) is 0. The average Bonchev–Trinajstić information content (AvgIpc) is 2.55. The molecule has 5 nitrogen and oxygen atoms in total. The van der Waals surface area contributed by atoms with E-state index in [0.29, 0.717) is 17.1 Å². The predicted molar refractivity (Wildman–Crippen MR) is 93.2 cm³/mol. The molecule has 0 radical (unpaired) electrons. The van der Waals surface area contributed by atoms with Crippen LogP contribution in [0.3, 0.4) is 0 Å². The van der Waals surface area contributed by atoms with Gasteiger partial charge in [-0.2, -0.15) is 5.26 Å². The molecule has 0 unspecified atom stereocenters. The highest BCUT2D eigenvalue weighted by Gasteiger charge is 2.10. The quantitative estimate of drug-likeness (QED) is 0.431. The minimum Gasteiger partial charge on any atom is -0.398 e. The number of hydrogen-bond acceptors (Lipinski definition) is 4. The molecule has 0 aromatic heterocycles. The fourth-order valence-corrected chi connectivity index (χ4v) is 2.05. The van der Waals surface area contributed by atoms with Crippen molar-refractivity contribution in [1.82, 2.24) is 0 Å². The third kappa shape index (κ3) is 4.38. The summed E-state index contributed by atoms with van der Waals surface area (Å²) >= 11 is 11.5. The minimum absolute atomic E-state index is 0.0760. The number of anilines is 3. The number of halogens is 3. The summed E-state index contributed by atoms with van der Waals surface area (Å²) < 4.78 is 13.1. The Kier molecular flexibility index (Phi) is 5.64. The van der Waals surface area contributed by atoms with Gasteiger partial charge in [0.05, 0.1) is 15.7 Å². The molecule has 4 N–H and O–H groups in total. The van der Waals surface area contributed by atoms with Crippen LogP contribution in [0.25, 0.3) is 0 Å². The lowest BCUT2D eigenvalue weighted by Gasteiger charge is -2.07. The monoisotopic (exact) mass is 364 g/mol. The lowest BCUT2D eigenvalue weighted by Crippen LogP contribution is -2.14. The lowest BCUT2D eigenvalue weighted by molar-refractivity contribution is -0.112. The highest BCUT2D eigenvalue weighted by atomic mass is 35.5. The van der Waals surface area contributed by atoms with Gasteiger partial charge in [0.2, 0.25) is 0 Å². The Labute approximate surface area is 147 Å². The summed E-state index contributed by atoms with van der Waals surface area (Å²) in [5.74, 6) is -1.20. The molecule has 0 heterocycles. The molecule has 24 heavy (non-hydrogen) atoms. The van der Waals surface area contributed by atoms with Crippen LogP contribution < -0.4 is 16.4 Å². The van der Waals surface area contributed by atoms with Crippen LogP contribution in [-0.2, 0) is 4.79 Å². The predicted octanol–water partition coefficient (Wildman–Crippen LogP) is 4.17. The van der Waals surface area contributed by atoms with Gasteiger partial charge in [-0.25, -0.2) is 4.39 Å². The number of rotatable bonds is 4. The van der Waals surface area contributed by atoms with Crippen molar-refractivity contribution < 1.29 is 9.18 Å². The van der Waals surface area contributed by atoms with E-state index in [4.69, 9.17) is 34.2 Å². The van der Waals surface area contributed by atoms with E-state index < -0.39 is 11.7 Å². The summed E-state index contributed by atoms with van der Waals surface area (Å²) in [7, 11) is 0. The van der Waals surface area contributed by atoms with Crippen LogP contribution in [0.5, 0.6) is 0 Å². The third-order valence-electron chi connectivity index (χ3n) is 2.93. The van der Waals surface area contributed by atoms with Crippen molar-refractivity contribution in [2.75, 3.05) is 16.4 Å². The van der Waals surface area contributed by atoms with Gasteiger partial charge in [-0.1, -0.05) is 23.2 Å². The SMILES string of the molecule is N#C/C(=C/Nc1ccc(F)c(Cl)c1)C(=O)Nc1ccc(N)c(Cl)c1. The number of hydrogen-bond donors (Lipinski definition) is 3. The van der Waals surface area contributed by atoms with Crippen molar-refractivity contribution in [3.8, 4) is 6.07 Å². The number of nitrogens with one attached hydrogen (secondary N) is 2. The average molecular weight is 365 g/mol. The molecule has 2 aromatic rings. The summed E-state index contributed by atoms with van der Waals surface area (Å²) in [5, 5.41) is 14.5. The first-order valence-electron chi connectivity index (χ1n) is 6.59. The van der Waals surface area contributed by atoms with Gasteiger partial charge in [0, 0.05) is 17.6 Å². The van der Waals surface area contributed by atoms with E-state index in [0.717, 1.165) is 0 Å². The summed E-state index contributed by atoms with van der Waals surface area (Å²) in [6, 6.07) is 10.2. The van der Waals surface area contributed by atoms with E-state index in [1.165, 1.54) is 36.5 Å². The van der Waals surface area contributed by atoms with Crippen molar-refractivity contribution in [2.24, 2.45) is 0 Å². The number of nitrogen functional groups attached to an aromatic ring is 1. The minimum atomic E-state index is -0.640. The highest BCUT2D eigenvalue weighted by Crippen LogP contribution is 2.23. The van der Waals surface area contributed by atoms with Crippen LogP contribution in [0.4, 0.5) is 21.5 Å². The van der Waals surface area contributed by atoms with Crippen LogP contribution >= 0.6 is 23.2 Å². The molecule has 0 bridgehead atoms. The number of nitrogens with zero attached hydrogens (tertiary/aromatic N) is 1. The van der Waals surface area contributed by atoms with E-state index in [-0.39, 0.29) is 15.6 Å². The van der Waals surface area contributed by atoms with Gasteiger partial charge in [0.25, 0.3) is 5.91 Å². The largest absolute Gasteiger partial charge is 0.398 e. The summed E-state index contributed by atoms with van der Waals surface area (Å²) in [6.07, 6.45) is 1.19. The Balaban J connectivity index is 2.11. The maximum absolute atomic E-state index is 13.1. The van der Waals surface area contributed by atoms with Crippen LogP contribution in [0.15, 0.2) is 48.2 Å². The zero-order valence-electron chi connectivity index (χ0n) is 12.1. The Bertz CT molecular complexity index is 862. The number of amides is 1. The molecule has 2 aromatic carbocycles. The first kappa shape index (κ1) is 17.6. The van der Waals surface area contributed by atoms with E-state index in [9.17, 15) is 9.18 Å². The highest BCUT2D eigenvalue weighted by molar-refractivity contribution is 6.33. The van der Waals surface area contributed by atoms with Crippen LogP contribution in [-0.4, -0.2) is 5.91 Å². The van der Waals surface area contributed by atoms with E-state index in [1.54, 1.807) is 12.1 Å². The molecular formula is C16H11Cl2FN4O. The molecule has 1 amide bonds. The second kappa shape index (κ2) is 7.68. The molecule has 0 atom stereocenters. The van der Waals surface area contributed by atoms with E-state index in [1.807, 2.05) is 0 Å². The van der Waals surface area contributed by atoms with Gasteiger partial charge in [-0.05, 0) is 36.4 Å². The zero-order chi connectivity index (χ0) is 17.7. The smallest absolute Gasteiger partial charge is 0.267 e. The van der Waals surface area contributed by atoms with Gasteiger partial charge in [0.1, 0.15) is 17.5 Å². The fraction of sp³-hybridized carbons (Fsp3) is 0. The first-order valence-corrected chi connectivity index (χ1v) is 7.34. The van der Waals surface area contributed by atoms with Gasteiger partial charge in [-0.15, -0.1) is 0 Å². The van der Waals surface area contributed by atoms with Gasteiger partial charge < -0.3 is 16.4 Å². The molecule has 0 saturated carbocycles. The number of nitrogens with two attached hydrogens (primary N) is 1. The van der Waals surface area contributed by atoms with Crippen molar-refractivity contribution in [3.05, 3.63) is 64.0 Å². The van der Waals surface area contributed by atoms with Gasteiger partial charge in [-0.3, -0.25) is 4.79 Å². The molecule has 0 aliphatic carbocycles. The number of carbonyl (C=O) groups is 1. The molecule has 2 rings (SSSR count). The molecule has 0 spiro atoms. The Morgan fingerprint density at radius 1 is 1.17 bits per heavy atom. The Morgan fingerprint density at radius 3 is 2.46 bits per heavy atom. The molecule has 8 heteroatoms. The molecule has 0 aliphatic heterocycles. The molecular weight excluding hydrogens is 354 g/mol. The number of carbonyl (C=O) groups excluding carboxylic acids is 1. The zero-order valence-corrected chi connectivity index (χ0v) is 13.6. The summed E-state index contributed by atoms with van der Waals surface area (Å²) in [4.78, 5) is 12.1. The van der Waals surface area contributed by atoms with Crippen LogP contribution in [0.1, 0.15) is 0 Å². The lowest BCUT2D eigenvalue weighted by atomic mass is 10.2. The second-order valence-electron chi connectivity index (χ2n) is 4.63. The summed E-state index contributed by atoms with van der Waals surface area (Å²) in [5.41, 5.74) is 6.59. The van der Waals surface area contributed by atoms with Gasteiger partial charge in [0.15, 0.2) is 0 Å². The van der Waals surface area contributed by atoms with Crippen LogP contribution in [0, 0.1) is 17.1 Å². The maximum Gasteiger partial charge on any atom is 0.267 e. The molecule has 0 aliphatic rings.